The fraction of sp³-hybridized carbons (Fsp3) is 0.188. The van der Waals surface area contributed by atoms with Crippen LogP contribution in [0.15, 0.2) is 42.5 Å². The molecule has 0 aliphatic rings. The van der Waals surface area contributed by atoms with Crippen LogP contribution >= 0.6 is 23.8 Å². The van der Waals surface area contributed by atoms with Gasteiger partial charge in [0.2, 0.25) is 0 Å². The zero-order chi connectivity index (χ0) is 17.0. The van der Waals surface area contributed by atoms with Gasteiger partial charge in [-0.1, -0.05) is 29.8 Å². The molecule has 120 valence electrons. The smallest absolute Gasteiger partial charge is 0.271 e. The number of aryl methyl sites for hydroxylation is 1. The van der Waals surface area contributed by atoms with Crippen molar-refractivity contribution in [2.75, 3.05) is 16.8 Å². The molecule has 0 heterocycles. The number of nitro benzene ring substituents is 1. The summed E-state index contributed by atoms with van der Waals surface area (Å²) < 4.78 is 0. The van der Waals surface area contributed by atoms with E-state index in [0.29, 0.717) is 22.4 Å². The van der Waals surface area contributed by atoms with Crippen LogP contribution < -0.4 is 10.2 Å². The van der Waals surface area contributed by atoms with Gasteiger partial charge in [0.15, 0.2) is 5.11 Å². The molecular weight excluding hydrogens is 334 g/mol. The Hall–Kier alpha value is -2.18. The average Bonchev–Trinajstić information content (AvgIpc) is 2.51. The maximum atomic E-state index is 10.9. The van der Waals surface area contributed by atoms with E-state index in [1.165, 1.54) is 18.2 Å². The summed E-state index contributed by atoms with van der Waals surface area (Å²) in [4.78, 5) is 12.3. The van der Waals surface area contributed by atoms with Gasteiger partial charge in [0.1, 0.15) is 0 Å². The second kappa shape index (κ2) is 7.39. The highest BCUT2D eigenvalue weighted by atomic mass is 35.5. The Labute approximate surface area is 145 Å². The van der Waals surface area contributed by atoms with Gasteiger partial charge in [-0.3, -0.25) is 10.1 Å². The summed E-state index contributed by atoms with van der Waals surface area (Å²) in [5, 5.41) is 14.7. The monoisotopic (exact) mass is 349 g/mol. The number of nitro groups is 1. The summed E-state index contributed by atoms with van der Waals surface area (Å²) in [6.07, 6.45) is 0. The summed E-state index contributed by atoms with van der Waals surface area (Å²) in [6, 6.07) is 12.1. The Morgan fingerprint density at radius 2 is 2.04 bits per heavy atom. The average molecular weight is 350 g/mol. The van der Waals surface area contributed by atoms with Crippen LogP contribution in [0.2, 0.25) is 5.02 Å². The molecule has 2 aromatic rings. The van der Waals surface area contributed by atoms with Crippen molar-refractivity contribution < 1.29 is 4.92 Å². The molecule has 7 heteroatoms. The molecule has 0 radical (unpaired) electrons. The number of hydrogen-bond acceptors (Lipinski definition) is 3. The molecule has 0 spiro atoms. The zero-order valence-corrected chi connectivity index (χ0v) is 14.3. The molecule has 2 rings (SSSR count). The first-order valence-corrected chi connectivity index (χ1v) is 7.80. The second-order valence-electron chi connectivity index (χ2n) is 4.88. The predicted molar refractivity (Wildman–Crippen MR) is 98.5 cm³/mol. The molecular formula is C16H16ClN3O2S. The number of para-hydroxylation sites is 1. The molecule has 0 aliphatic heterocycles. The minimum absolute atomic E-state index is 0.0429. The van der Waals surface area contributed by atoms with E-state index in [1.54, 1.807) is 0 Å². The number of hydrogen-bond donors (Lipinski definition) is 1. The summed E-state index contributed by atoms with van der Waals surface area (Å²) in [5.41, 5.74) is 2.44. The molecule has 0 bridgehead atoms. The molecule has 0 amide bonds. The molecule has 5 nitrogen and oxygen atoms in total. The van der Waals surface area contributed by atoms with Crippen LogP contribution in [0.1, 0.15) is 12.5 Å². The molecule has 23 heavy (non-hydrogen) atoms. The van der Waals surface area contributed by atoms with Gasteiger partial charge in [0, 0.05) is 24.4 Å². The molecule has 0 aliphatic carbocycles. The van der Waals surface area contributed by atoms with E-state index in [-0.39, 0.29) is 5.69 Å². The van der Waals surface area contributed by atoms with Crippen LogP contribution in [-0.4, -0.2) is 16.6 Å². The topological polar surface area (TPSA) is 58.4 Å². The van der Waals surface area contributed by atoms with Gasteiger partial charge in [-0.25, -0.2) is 0 Å². The number of rotatable bonds is 4. The van der Waals surface area contributed by atoms with E-state index in [4.69, 9.17) is 23.8 Å². The number of nitrogens with one attached hydrogen (secondary N) is 1. The van der Waals surface area contributed by atoms with E-state index in [0.717, 1.165) is 11.3 Å². The van der Waals surface area contributed by atoms with Crippen molar-refractivity contribution >= 4 is 46.0 Å². The molecule has 0 aromatic heterocycles. The number of anilines is 2. The zero-order valence-electron chi connectivity index (χ0n) is 12.7. The number of non-ortho nitro benzene ring substituents is 1. The van der Waals surface area contributed by atoms with Crippen molar-refractivity contribution in [3.05, 3.63) is 63.2 Å². The quantitative estimate of drug-likeness (QED) is 0.489. The lowest BCUT2D eigenvalue weighted by molar-refractivity contribution is -0.384. The summed E-state index contributed by atoms with van der Waals surface area (Å²) >= 11 is 11.6. The third-order valence-electron chi connectivity index (χ3n) is 3.37. The van der Waals surface area contributed by atoms with Crippen molar-refractivity contribution in [1.29, 1.82) is 0 Å². The van der Waals surface area contributed by atoms with Gasteiger partial charge in [-0.15, -0.1) is 0 Å². The van der Waals surface area contributed by atoms with Gasteiger partial charge in [0.05, 0.1) is 15.6 Å². The largest absolute Gasteiger partial charge is 0.331 e. The summed E-state index contributed by atoms with van der Waals surface area (Å²) in [5.74, 6) is 0. The van der Waals surface area contributed by atoms with E-state index in [9.17, 15) is 10.1 Å². The Bertz CT molecular complexity index is 752. The lowest BCUT2D eigenvalue weighted by Gasteiger charge is -2.26. The number of benzene rings is 2. The van der Waals surface area contributed by atoms with E-state index in [1.807, 2.05) is 43.0 Å². The Morgan fingerprint density at radius 1 is 1.35 bits per heavy atom. The van der Waals surface area contributed by atoms with Crippen LogP contribution in [0.3, 0.4) is 0 Å². The highest BCUT2D eigenvalue weighted by Crippen LogP contribution is 2.28. The van der Waals surface area contributed by atoms with Crippen LogP contribution in [0, 0.1) is 17.0 Å². The fourth-order valence-electron chi connectivity index (χ4n) is 2.19. The van der Waals surface area contributed by atoms with Gasteiger partial charge in [-0.2, -0.15) is 0 Å². The van der Waals surface area contributed by atoms with Crippen LogP contribution in [0.4, 0.5) is 17.1 Å². The first kappa shape index (κ1) is 17.2. The predicted octanol–water partition coefficient (Wildman–Crippen LogP) is 4.78. The Kier molecular flexibility index (Phi) is 5.52. The highest BCUT2D eigenvalue weighted by molar-refractivity contribution is 7.80. The molecule has 0 fully saturated rings. The maximum Gasteiger partial charge on any atom is 0.271 e. The lowest BCUT2D eigenvalue weighted by atomic mass is 10.2. The van der Waals surface area contributed by atoms with Gasteiger partial charge < -0.3 is 10.2 Å². The lowest BCUT2D eigenvalue weighted by Crippen LogP contribution is -2.35. The van der Waals surface area contributed by atoms with Gasteiger partial charge >= 0.3 is 0 Å². The molecule has 0 atom stereocenters. The molecule has 0 saturated heterocycles. The highest BCUT2D eigenvalue weighted by Gasteiger charge is 2.15. The van der Waals surface area contributed by atoms with E-state index < -0.39 is 4.92 Å². The third kappa shape index (κ3) is 3.97. The second-order valence-corrected chi connectivity index (χ2v) is 5.68. The molecule has 0 saturated carbocycles. The third-order valence-corrected chi connectivity index (χ3v) is 4.02. The number of thiocarbonyl (C=S) groups is 1. The minimum atomic E-state index is -0.469. The Balaban J connectivity index is 2.29. The van der Waals surface area contributed by atoms with Crippen LogP contribution in [-0.2, 0) is 0 Å². The normalized spacial score (nSPS) is 10.2. The van der Waals surface area contributed by atoms with Crippen molar-refractivity contribution in [3.63, 3.8) is 0 Å². The molecule has 2 aromatic carbocycles. The number of nitrogens with zero attached hydrogens (tertiary/aromatic N) is 2. The fourth-order valence-corrected chi connectivity index (χ4v) is 2.70. The number of halogens is 1. The first-order valence-electron chi connectivity index (χ1n) is 7.02. The minimum Gasteiger partial charge on any atom is -0.331 e. The Morgan fingerprint density at radius 3 is 2.65 bits per heavy atom. The maximum absolute atomic E-state index is 10.9. The summed E-state index contributed by atoms with van der Waals surface area (Å²) in [7, 11) is 0. The summed E-state index contributed by atoms with van der Waals surface area (Å²) in [6.45, 7) is 4.64. The van der Waals surface area contributed by atoms with Crippen LogP contribution in [0.5, 0.6) is 0 Å². The van der Waals surface area contributed by atoms with Gasteiger partial charge in [-0.05, 0) is 43.8 Å². The van der Waals surface area contributed by atoms with Crippen molar-refractivity contribution in [2.45, 2.75) is 13.8 Å². The van der Waals surface area contributed by atoms with E-state index >= 15 is 0 Å². The molecule has 0 unspecified atom stereocenters. The molecule has 1 N–H and O–H groups in total. The van der Waals surface area contributed by atoms with E-state index in [2.05, 4.69) is 5.32 Å². The first-order chi connectivity index (χ1) is 10.9. The van der Waals surface area contributed by atoms with Gasteiger partial charge in [0.25, 0.3) is 5.69 Å². The standard InChI is InChI=1S/C16H16ClN3O2S/c1-3-19(15-7-5-4-6-11(15)2)16(23)18-14-10-12(20(21)22)8-9-13(14)17/h4-10H,3H2,1-2H3,(H,18,23). The van der Waals surface area contributed by atoms with Crippen LogP contribution in [0.25, 0.3) is 0 Å². The SMILES string of the molecule is CCN(C(=S)Nc1cc([N+](=O)[O-])ccc1Cl)c1ccccc1C. The van der Waals surface area contributed by atoms with Crippen molar-refractivity contribution in [2.24, 2.45) is 0 Å². The van der Waals surface area contributed by atoms with Crippen molar-refractivity contribution in [1.82, 2.24) is 0 Å². The van der Waals surface area contributed by atoms with Crippen molar-refractivity contribution in [3.8, 4) is 0 Å².